The van der Waals surface area contributed by atoms with Gasteiger partial charge in [-0.15, -0.1) is 11.6 Å². The molecule has 0 saturated heterocycles. The summed E-state index contributed by atoms with van der Waals surface area (Å²) >= 11 is 6.17. The minimum absolute atomic E-state index is 0.230. The molecule has 0 bridgehead atoms. The molecule has 0 aliphatic heterocycles. The van der Waals surface area contributed by atoms with Crippen molar-refractivity contribution in [2.24, 2.45) is 0 Å². The second-order valence-corrected chi connectivity index (χ2v) is 5.44. The Kier molecular flexibility index (Phi) is 3.70. The van der Waals surface area contributed by atoms with E-state index in [0.29, 0.717) is 5.92 Å². The second kappa shape index (κ2) is 5.05. The smallest absolute Gasteiger partial charge is 0.0522 e. The van der Waals surface area contributed by atoms with E-state index in [-0.39, 0.29) is 5.38 Å². The van der Waals surface area contributed by atoms with Crippen molar-refractivity contribution in [3.63, 3.8) is 0 Å². The number of hydrogen-bond acceptors (Lipinski definition) is 0. The van der Waals surface area contributed by atoms with E-state index in [4.69, 9.17) is 11.6 Å². The zero-order chi connectivity index (χ0) is 11.5. The highest BCUT2D eigenvalue weighted by Crippen LogP contribution is 2.29. The van der Waals surface area contributed by atoms with Gasteiger partial charge < -0.3 is 0 Å². The van der Waals surface area contributed by atoms with Crippen molar-refractivity contribution in [3.05, 3.63) is 41.5 Å². The lowest BCUT2D eigenvalue weighted by Crippen LogP contribution is -2.02. The topological polar surface area (TPSA) is 0 Å². The van der Waals surface area contributed by atoms with Gasteiger partial charge in [0.1, 0.15) is 0 Å². The van der Waals surface area contributed by atoms with E-state index in [9.17, 15) is 0 Å². The fourth-order valence-electron chi connectivity index (χ4n) is 2.20. The average Bonchev–Trinajstić information content (AvgIpc) is 2.29. The van der Waals surface area contributed by atoms with Crippen molar-refractivity contribution in [3.8, 4) is 0 Å². The molecule has 0 fully saturated rings. The molecule has 0 saturated carbocycles. The highest BCUT2D eigenvalue weighted by Gasteiger charge is 2.12. The molecule has 1 atom stereocenters. The standard InChI is InChI=1S/C15H19Cl/c1-11(2)12-6-8-13(9-7-12)14-4-3-5-15(16)10-14/h6-11,15H,3-5H2,1-2H3. The normalized spacial score (nSPS) is 21.0. The molecule has 0 radical (unpaired) electrons. The van der Waals surface area contributed by atoms with Crippen LogP contribution in [0.25, 0.3) is 5.57 Å². The lowest BCUT2D eigenvalue weighted by atomic mass is 9.92. The number of benzene rings is 1. The molecule has 1 aliphatic carbocycles. The molecule has 0 amide bonds. The van der Waals surface area contributed by atoms with Crippen LogP contribution in [0.2, 0.25) is 0 Å². The van der Waals surface area contributed by atoms with Gasteiger partial charge in [0.05, 0.1) is 5.38 Å². The van der Waals surface area contributed by atoms with Crippen molar-refractivity contribution >= 4 is 17.2 Å². The summed E-state index contributed by atoms with van der Waals surface area (Å²) in [4.78, 5) is 0. The van der Waals surface area contributed by atoms with Gasteiger partial charge in [0, 0.05) is 0 Å². The Morgan fingerprint density at radius 1 is 1.19 bits per heavy atom. The lowest BCUT2D eigenvalue weighted by Gasteiger charge is -2.17. The zero-order valence-electron chi connectivity index (χ0n) is 10.0. The Balaban J connectivity index is 2.21. The Labute approximate surface area is 103 Å². The van der Waals surface area contributed by atoms with Crippen LogP contribution in [-0.2, 0) is 0 Å². The number of halogens is 1. The summed E-state index contributed by atoms with van der Waals surface area (Å²) in [5, 5.41) is 0.230. The van der Waals surface area contributed by atoms with Gasteiger partial charge in [-0.05, 0) is 41.9 Å². The van der Waals surface area contributed by atoms with Crippen LogP contribution in [0.1, 0.15) is 50.2 Å². The van der Waals surface area contributed by atoms with Crippen LogP contribution in [0.3, 0.4) is 0 Å². The van der Waals surface area contributed by atoms with Crippen molar-refractivity contribution in [1.82, 2.24) is 0 Å². The van der Waals surface area contributed by atoms with Crippen molar-refractivity contribution in [2.75, 3.05) is 0 Å². The number of allylic oxidation sites excluding steroid dienone is 2. The van der Waals surface area contributed by atoms with Crippen molar-refractivity contribution in [2.45, 2.75) is 44.4 Å². The molecule has 1 aromatic carbocycles. The Morgan fingerprint density at radius 3 is 2.44 bits per heavy atom. The molecule has 1 heteroatoms. The van der Waals surface area contributed by atoms with Crippen molar-refractivity contribution < 1.29 is 0 Å². The molecular weight excluding hydrogens is 216 g/mol. The van der Waals surface area contributed by atoms with Gasteiger partial charge in [0.25, 0.3) is 0 Å². The van der Waals surface area contributed by atoms with E-state index in [0.717, 1.165) is 6.42 Å². The van der Waals surface area contributed by atoms with Crippen molar-refractivity contribution in [1.29, 1.82) is 0 Å². The van der Waals surface area contributed by atoms with Crippen LogP contribution in [-0.4, -0.2) is 5.38 Å². The first-order chi connectivity index (χ1) is 7.66. The number of hydrogen-bond donors (Lipinski definition) is 0. The highest BCUT2D eigenvalue weighted by molar-refractivity contribution is 6.22. The third kappa shape index (κ3) is 2.68. The van der Waals surface area contributed by atoms with E-state index in [1.165, 1.54) is 29.5 Å². The highest BCUT2D eigenvalue weighted by atomic mass is 35.5. The summed E-state index contributed by atoms with van der Waals surface area (Å²) in [5.74, 6) is 0.607. The molecule has 1 aromatic rings. The molecule has 0 heterocycles. The molecule has 2 rings (SSSR count). The largest absolute Gasteiger partial charge is 0.118 e. The molecule has 16 heavy (non-hydrogen) atoms. The molecular formula is C15H19Cl. The minimum Gasteiger partial charge on any atom is -0.118 e. The number of alkyl halides is 1. The van der Waals surface area contributed by atoms with Crippen LogP contribution in [0.5, 0.6) is 0 Å². The SMILES string of the molecule is CC(C)c1ccc(C2=CC(Cl)CCC2)cc1. The molecule has 0 aromatic heterocycles. The third-order valence-corrected chi connectivity index (χ3v) is 3.60. The molecule has 86 valence electrons. The van der Waals surface area contributed by atoms with Crippen LogP contribution in [0.4, 0.5) is 0 Å². The van der Waals surface area contributed by atoms with E-state index >= 15 is 0 Å². The number of rotatable bonds is 2. The predicted octanol–water partition coefficient (Wildman–Crippen LogP) is 4.98. The van der Waals surface area contributed by atoms with Crippen LogP contribution >= 0.6 is 11.6 Å². The summed E-state index contributed by atoms with van der Waals surface area (Å²) in [7, 11) is 0. The van der Waals surface area contributed by atoms with E-state index in [1.807, 2.05) is 0 Å². The van der Waals surface area contributed by atoms with E-state index in [2.05, 4.69) is 44.2 Å². The zero-order valence-corrected chi connectivity index (χ0v) is 10.8. The van der Waals surface area contributed by atoms with Gasteiger partial charge in [0.15, 0.2) is 0 Å². The maximum absolute atomic E-state index is 6.17. The van der Waals surface area contributed by atoms with Gasteiger partial charge >= 0.3 is 0 Å². The molecule has 0 N–H and O–H groups in total. The quantitative estimate of drug-likeness (QED) is 0.633. The predicted molar refractivity (Wildman–Crippen MR) is 72.0 cm³/mol. The van der Waals surface area contributed by atoms with Crippen LogP contribution < -0.4 is 0 Å². The Bertz CT molecular complexity index is 373. The fraction of sp³-hybridized carbons (Fsp3) is 0.467. The summed E-state index contributed by atoms with van der Waals surface area (Å²) in [6.07, 6.45) is 5.72. The summed E-state index contributed by atoms with van der Waals surface area (Å²) in [6, 6.07) is 8.93. The van der Waals surface area contributed by atoms with Gasteiger partial charge in [-0.25, -0.2) is 0 Å². The third-order valence-electron chi connectivity index (χ3n) is 3.26. The Hall–Kier alpha value is -0.750. The van der Waals surface area contributed by atoms with Gasteiger partial charge in [-0.1, -0.05) is 44.2 Å². The van der Waals surface area contributed by atoms with Gasteiger partial charge in [-0.3, -0.25) is 0 Å². The first-order valence-corrected chi connectivity index (χ1v) is 6.55. The van der Waals surface area contributed by atoms with Gasteiger partial charge in [0.2, 0.25) is 0 Å². The second-order valence-electron chi connectivity index (χ2n) is 4.88. The average molecular weight is 235 g/mol. The first-order valence-electron chi connectivity index (χ1n) is 6.12. The van der Waals surface area contributed by atoms with Crippen LogP contribution in [0, 0.1) is 0 Å². The maximum atomic E-state index is 6.17. The lowest BCUT2D eigenvalue weighted by molar-refractivity contribution is 0.747. The monoisotopic (exact) mass is 234 g/mol. The molecule has 1 aliphatic rings. The Morgan fingerprint density at radius 2 is 1.88 bits per heavy atom. The first kappa shape index (κ1) is 11.7. The molecule has 1 unspecified atom stereocenters. The molecule has 0 nitrogen and oxygen atoms in total. The van der Waals surface area contributed by atoms with E-state index in [1.54, 1.807) is 0 Å². The fourth-order valence-corrected chi connectivity index (χ4v) is 2.50. The maximum Gasteiger partial charge on any atom is 0.0522 e. The van der Waals surface area contributed by atoms with E-state index < -0.39 is 0 Å². The summed E-state index contributed by atoms with van der Waals surface area (Å²) in [6.45, 7) is 4.45. The van der Waals surface area contributed by atoms with Gasteiger partial charge in [-0.2, -0.15) is 0 Å². The minimum atomic E-state index is 0.230. The summed E-state index contributed by atoms with van der Waals surface area (Å²) < 4.78 is 0. The summed E-state index contributed by atoms with van der Waals surface area (Å²) in [5.41, 5.74) is 4.17. The molecule has 0 spiro atoms. The van der Waals surface area contributed by atoms with Crippen LogP contribution in [0.15, 0.2) is 30.3 Å².